The average Bonchev–Trinajstić information content (AvgIpc) is 2.25. The number of nitrogens with one attached hydrogen (secondary N) is 1. The van der Waals surface area contributed by atoms with Crippen molar-refractivity contribution in [2.45, 2.75) is 6.54 Å². The Kier molecular flexibility index (Phi) is 0.935. The molecule has 0 saturated carbocycles. The molecular weight excluding hydrogens is 134 g/mol. The van der Waals surface area contributed by atoms with Crippen LogP contribution in [0.3, 0.4) is 0 Å². The smallest absolute Gasteiger partial charge is 0.0457 e. The fourth-order valence-corrected chi connectivity index (χ4v) is 1.20. The normalized spacial score (nSPS) is 13.4. The number of rotatable bonds is 0. The van der Waals surface area contributed by atoms with Gasteiger partial charge in [-0.3, -0.25) is 0 Å². The monoisotopic (exact) mass is 139 g/mol. The quantitative estimate of drug-likeness (QED) is 0.582. The van der Waals surface area contributed by atoms with Crippen molar-refractivity contribution in [3.05, 3.63) is 28.8 Å². The van der Waals surface area contributed by atoms with Gasteiger partial charge in [-0.25, -0.2) is 0 Å². The minimum atomic E-state index is 0.865. The van der Waals surface area contributed by atoms with Crippen molar-refractivity contribution >= 4 is 17.3 Å². The van der Waals surface area contributed by atoms with Crippen LogP contribution in [0.5, 0.6) is 0 Å². The molecule has 1 aromatic carbocycles. The van der Waals surface area contributed by atoms with E-state index in [9.17, 15) is 0 Å². The molecule has 1 nitrogen and oxygen atoms in total. The maximum Gasteiger partial charge on any atom is 0.0457 e. The predicted molar refractivity (Wildman–Crippen MR) is 38.8 cm³/mol. The summed E-state index contributed by atoms with van der Waals surface area (Å²) in [6.07, 6.45) is 0. The van der Waals surface area contributed by atoms with E-state index in [0.717, 1.165) is 11.6 Å². The highest BCUT2D eigenvalue weighted by Crippen LogP contribution is 2.26. The van der Waals surface area contributed by atoms with Crippen LogP contribution >= 0.6 is 11.6 Å². The van der Waals surface area contributed by atoms with E-state index in [2.05, 4.69) is 11.4 Å². The number of fused-ring (bicyclic) bond motifs is 2. The Hall–Kier alpha value is -0.690. The van der Waals surface area contributed by atoms with E-state index in [1.54, 1.807) is 0 Å². The number of halogens is 1. The van der Waals surface area contributed by atoms with E-state index in [1.807, 2.05) is 12.1 Å². The first-order valence-corrected chi connectivity index (χ1v) is 3.26. The largest absolute Gasteiger partial charge is 0.381 e. The van der Waals surface area contributed by atoms with Crippen LogP contribution in [-0.4, -0.2) is 0 Å². The van der Waals surface area contributed by atoms with E-state index >= 15 is 0 Å². The Morgan fingerprint density at radius 2 is 2.33 bits per heavy atom. The van der Waals surface area contributed by atoms with Crippen LogP contribution in [0.2, 0.25) is 5.02 Å². The van der Waals surface area contributed by atoms with Crippen LogP contribution in [0.25, 0.3) is 0 Å². The van der Waals surface area contributed by atoms with Gasteiger partial charge >= 0.3 is 0 Å². The first-order valence-electron chi connectivity index (χ1n) is 2.88. The molecule has 0 aromatic heterocycles. The highest BCUT2D eigenvalue weighted by molar-refractivity contribution is 6.31. The van der Waals surface area contributed by atoms with Crippen molar-refractivity contribution in [3.8, 4) is 0 Å². The SMILES string of the molecule is Clc1ccc2cc1CN2. The predicted octanol–water partition coefficient (Wildman–Crippen LogP) is 2.27. The van der Waals surface area contributed by atoms with Crippen LogP contribution in [-0.2, 0) is 6.54 Å². The summed E-state index contributed by atoms with van der Waals surface area (Å²) >= 11 is 5.82. The summed E-state index contributed by atoms with van der Waals surface area (Å²) in [4.78, 5) is 0. The lowest BCUT2D eigenvalue weighted by Gasteiger charge is -1.88. The molecule has 2 heteroatoms. The topological polar surface area (TPSA) is 12.0 Å². The molecule has 0 unspecified atom stereocenters. The lowest BCUT2D eigenvalue weighted by atomic mass is 10.2. The minimum absolute atomic E-state index is 0.865. The third-order valence-corrected chi connectivity index (χ3v) is 1.90. The maximum atomic E-state index is 5.82. The molecule has 0 fully saturated rings. The van der Waals surface area contributed by atoms with Crippen LogP contribution in [0.15, 0.2) is 18.2 Å². The summed E-state index contributed by atoms with van der Waals surface area (Å²) in [5.41, 5.74) is 2.38. The Morgan fingerprint density at radius 1 is 1.44 bits per heavy atom. The molecule has 1 N–H and O–H groups in total. The molecule has 1 aromatic rings. The first kappa shape index (κ1) is 5.12. The van der Waals surface area contributed by atoms with Gasteiger partial charge in [0.15, 0.2) is 0 Å². The lowest BCUT2D eigenvalue weighted by Crippen LogP contribution is -1.86. The Balaban J connectivity index is 2.65. The Labute approximate surface area is 58.6 Å². The van der Waals surface area contributed by atoms with E-state index in [1.165, 1.54) is 11.3 Å². The summed E-state index contributed by atoms with van der Waals surface area (Å²) in [6, 6.07) is 5.98. The van der Waals surface area contributed by atoms with E-state index in [-0.39, 0.29) is 0 Å². The molecule has 0 saturated heterocycles. The summed E-state index contributed by atoms with van der Waals surface area (Å²) < 4.78 is 0. The molecule has 1 heterocycles. The molecule has 0 aliphatic carbocycles. The zero-order valence-electron chi connectivity index (χ0n) is 4.82. The van der Waals surface area contributed by atoms with Crippen molar-refractivity contribution in [3.63, 3.8) is 0 Å². The van der Waals surface area contributed by atoms with Gasteiger partial charge in [-0.1, -0.05) is 11.6 Å². The molecule has 2 bridgehead atoms. The number of anilines is 1. The van der Waals surface area contributed by atoms with Gasteiger partial charge in [0.1, 0.15) is 0 Å². The van der Waals surface area contributed by atoms with Gasteiger partial charge in [0.25, 0.3) is 0 Å². The lowest BCUT2D eigenvalue weighted by molar-refractivity contribution is 1.23. The molecule has 0 atom stereocenters. The summed E-state index contributed by atoms with van der Waals surface area (Å²) in [5.74, 6) is 0. The van der Waals surface area contributed by atoms with Crippen molar-refractivity contribution < 1.29 is 0 Å². The Morgan fingerprint density at radius 3 is 3.11 bits per heavy atom. The first-order chi connectivity index (χ1) is 4.36. The fraction of sp³-hybridized carbons (Fsp3) is 0.143. The van der Waals surface area contributed by atoms with Gasteiger partial charge in [0.05, 0.1) is 0 Å². The number of hydrogen-bond acceptors (Lipinski definition) is 1. The molecule has 0 spiro atoms. The number of hydrogen-bond donors (Lipinski definition) is 1. The van der Waals surface area contributed by atoms with Crippen molar-refractivity contribution in [2.24, 2.45) is 0 Å². The highest BCUT2D eigenvalue weighted by atomic mass is 35.5. The molecule has 0 amide bonds. The minimum Gasteiger partial charge on any atom is -0.381 e. The van der Waals surface area contributed by atoms with Crippen molar-refractivity contribution in [2.75, 3.05) is 5.32 Å². The molecule has 1 aliphatic heterocycles. The van der Waals surface area contributed by atoms with E-state index in [0.29, 0.717) is 0 Å². The number of benzene rings is 1. The fourth-order valence-electron chi connectivity index (χ4n) is 1.02. The second-order valence-electron chi connectivity index (χ2n) is 2.16. The third-order valence-electron chi connectivity index (χ3n) is 1.53. The van der Waals surface area contributed by atoms with Crippen LogP contribution in [0.1, 0.15) is 5.56 Å². The van der Waals surface area contributed by atoms with Gasteiger partial charge in [0.2, 0.25) is 0 Å². The Bertz CT molecular complexity index is 245. The van der Waals surface area contributed by atoms with Crippen LogP contribution in [0, 0.1) is 0 Å². The third kappa shape index (κ3) is 0.688. The highest BCUT2D eigenvalue weighted by Gasteiger charge is 2.07. The molecule has 46 valence electrons. The summed E-state index contributed by atoms with van der Waals surface area (Å²) in [6.45, 7) is 0.890. The van der Waals surface area contributed by atoms with Crippen molar-refractivity contribution in [1.82, 2.24) is 0 Å². The molecule has 0 radical (unpaired) electrons. The molecule has 2 rings (SSSR count). The molecule has 9 heavy (non-hydrogen) atoms. The van der Waals surface area contributed by atoms with E-state index in [4.69, 9.17) is 11.6 Å². The zero-order valence-corrected chi connectivity index (χ0v) is 5.57. The van der Waals surface area contributed by atoms with Gasteiger partial charge in [-0.2, -0.15) is 0 Å². The summed E-state index contributed by atoms with van der Waals surface area (Å²) in [7, 11) is 0. The standard InChI is InChI=1S/C7H6ClN/c8-7-2-1-6-3-5(7)4-9-6/h1-3,9H,4H2. The van der Waals surface area contributed by atoms with Gasteiger partial charge in [0, 0.05) is 17.3 Å². The second-order valence-corrected chi connectivity index (χ2v) is 2.57. The van der Waals surface area contributed by atoms with Crippen LogP contribution in [0.4, 0.5) is 5.69 Å². The molecular formula is C7H6ClN. The second kappa shape index (κ2) is 1.64. The van der Waals surface area contributed by atoms with Gasteiger partial charge < -0.3 is 5.32 Å². The van der Waals surface area contributed by atoms with Crippen LogP contribution < -0.4 is 5.32 Å². The zero-order chi connectivity index (χ0) is 6.27. The maximum absolute atomic E-state index is 5.82. The average molecular weight is 140 g/mol. The van der Waals surface area contributed by atoms with Crippen molar-refractivity contribution in [1.29, 1.82) is 0 Å². The van der Waals surface area contributed by atoms with Gasteiger partial charge in [-0.15, -0.1) is 0 Å². The molecule has 1 aliphatic rings. The van der Waals surface area contributed by atoms with E-state index < -0.39 is 0 Å². The summed E-state index contributed by atoms with van der Waals surface area (Å²) in [5, 5.41) is 4.05. The van der Waals surface area contributed by atoms with Gasteiger partial charge in [-0.05, 0) is 23.8 Å².